The number of halogens is 1. The predicted molar refractivity (Wildman–Crippen MR) is 109 cm³/mol. The van der Waals surface area contributed by atoms with E-state index in [-0.39, 0.29) is 10.6 Å². The molecule has 142 valence electrons. The van der Waals surface area contributed by atoms with E-state index in [0.717, 1.165) is 0 Å². The first kappa shape index (κ1) is 19.8. The summed E-state index contributed by atoms with van der Waals surface area (Å²) in [6.07, 6.45) is 0. The van der Waals surface area contributed by atoms with Crippen LogP contribution in [0.15, 0.2) is 59.5 Å². The van der Waals surface area contributed by atoms with Crippen molar-refractivity contribution in [1.82, 2.24) is 3.97 Å². The van der Waals surface area contributed by atoms with Gasteiger partial charge in [0.1, 0.15) is 4.75 Å². The summed E-state index contributed by atoms with van der Waals surface area (Å²) in [6, 6.07) is 14.9. The highest BCUT2D eigenvalue weighted by Gasteiger charge is 2.30. The Morgan fingerprint density at radius 3 is 2.44 bits per heavy atom. The molecule has 0 radical (unpaired) electrons. The van der Waals surface area contributed by atoms with Gasteiger partial charge in [-0.3, -0.25) is 4.79 Å². The average molecular weight is 424 g/mol. The molecule has 0 saturated heterocycles. The molecule has 0 aliphatic carbocycles. The summed E-state index contributed by atoms with van der Waals surface area (Å²) in [4.78, 5) is 11.6. The number of benzene rings is 2. The van der Waals surface area contributed by atoms with Crippen molar-refractivity contribution in [1.29, 1.82) is 0 Å². The van der Waals surface area contributed by atoms with Crippen LogP contribution in [0.5, 0.6) is 0 Å². The molecule has 0 fully saturated rings. The molecule has 1 N–H and O–H groups in total. The van der Waals surface area contributed by atoms with Crippen molar-refractivity contribution in [2.75, 3.05) is 0 Å². The molecular formula is C19H18ClNO4S2. The molecule has 0 aliphatic heterocycles. The maximum absolute atomic E-state index is 13.3. The molecule has 3 rings (SSSR count). The fraction of sp³-hybridized carbons (Fsp3) is 0.211. The van der Waals surface area contributed by atoms with Crippen LogP contribution in [0.25, 0.3) is 10.9 Å². The molecular weight excluding hydrogens is 406 g/mol. The Labute approximate surface area is 167 Å². The van der Waals surface area contributed by atoms with Gasteiger partial charge in [0.05, 0.1) is 10.4 Å². The van der Waals surface area contributed by atoms with E-state index in [1.807, 2.05) is 0 Å². The van der Waals surface area contributed by atoms with Crippen LogP contribution in [-0.4, -0.2) is 28.2 Å². The molecule has 0 amide bonds. The Morgan fingerprint density at radius 1 is 1.15 bits per heavy atom. The topological polar surface area (TPSA) is 76.4 Å². The SMILES string of the molecule is CC(C)(SCc1cc2cc(Cl)ccc2n1S(=O)(=O)c1ccccc1)C(=O)O. The number of thioether (sulfide) groups is 1. The highest BCUT2D eigenvalue weighted by molar-refractivity contribution is 8.00. The summed E-state index contributed by atoms with van der Waals surface area (Å²) in [7, 11) is -3.84. The lowest BCUT2D eigenvalue weighted by atomic mass is 10.2. The van der Waals surface area contributed by atoms with Crippen molar-refractivity contribution < 1.29 is 18.3 Å². The highest BCUT2D eigenvalue weighted by atomic mass is 35.5. The Balaban J connectivity index is 2.16. The number of carboxylic acid groups (broad SMARTS) is 1. The summed E-state index contributed by atoms with van der Waals surface area (Å²) >= 11 is 7.23. The van der Waals surface area contributed by atoms with Gasteiger partial charge < -0.3 is 5.11 Å². The van der Waals surface area contributed by atoms with Crippen LogP contribution in [0.4, 0.5) is 0 Å². The third-order valence-electron chi connectivity index (χ3n) is 4.17. The molecule has 5 nitrogen and oxygen atoms in total. The molecule has 27 heavy (non-hydrogen) atoms. The normalized spacial score (nSPS) is 12.4. The zero-order valence-corrected chi connectivity index (χ0v) is 17.1. The van der Waals surface area contributed by atoms with Gasteiger partial charge in [-0.15, -0.1) is 11.8 Å². The second-order valence-electron chi connectivity index (χ2n) is 6.53. The van der Waals surface area contributed by atoms with Crippen molar-refractivity contribution in [2.45, 2.75) is 29.2 Å². The number of rotatable bonds is 6. The van der Waals surface area contributed by atoms with Crippen molar-refractivity contribution in [2.24, 2.45) is 0 Å². The Kier molecular flexibility index (Phi) is 5.29. The minimum Gasteiger partial charge on any atom is -0.480 e. The van der Waals surface area contributed by atoms with Gasteiger partial charge in [0.2, 0.25) is 0 Å². The maximum Gasteiger partial charge on any atom is 0.319 e. The number of aromatic nitrogens is 1. The van der Waals surface area contributed by atoms with Gasteiger partial charge in [0.25, 0.3) is 10.0 Å². The lowest BCUT2D eigenvalue weighted by Crippen LogP contribution is -2.27. The van der Waals surface area contributed by atoms with Gasteiger partial charge in [-0.05, 0) is 50.2 Å². The van der Waals surface area contributed by atoms with E-state index in [4.69, 9.17) is 11.6 Å². The Hall–Kier alpha value is -1.96. The van der Waals surface area contributed by atoms with Crippen LogP contribution >= 0.6 is 23.4 Å². The van der Waals surface area contributed by atoms with Gasteiger partial charge in [-0.25, -0.2) is 12.4 Å². The zero-order valence-electron chi connectivity index (χ0n) is 14.7. The van der Waals surface area contributed by atoms with E-state index in [9.17, 15) is 18.3 Å². The number of hydrogen-bond acceptors (Lipinski definition) is 4. The molecule has 0 bridgehead atoms. The minimum atomic E-state index is -3.84. The molecule has 0 aliphatic rings. The lowest BCUT2D eigenvalue weighted by molar-refractivity contribution is -0.138. The molecule has 1 aromatic heterocycles. The van der Waals surface area contributed by atoms with E-state index >= 15 is 0 Å². The quantitative estimate of drug-likeness (QED) is 0.625. The zero-order chi connectivity index (χ0) is 19.8. The molecule has 0 unspecified atom stereocenters. The minimum absolute atomic E-state index is 0.168. The van der Waals surface area contributed by atoms with Crippen molar-refractivity contribution in [3.05, 3.63) is 65.3 Å². The number of carbonyl (C=O) groups is 1. The first-order valence-corrected chi connectivity index (χ1v) is 10.9. The van der Waals surface area contributed by atoms with E-state index < -0.39 is 20.7 Å². The largest absolute Gasteiger partial charge is 0.480 e. The van der Waals surface area contributed by atoms with Gasteiger partial charge in [0, 0.05) is 21.9 Å². The van der Waals surface area contributed by atoms with E-state index in [1.54, 1.807) is 56.3 Å². The summed E-state index contributed by atoms with van der Waals surface area (Å²) < 4.78 is 26.8. The van der Waals surface area contributed by atoms with Gasteiger partial charge in [-0.1, -0.05) is 29.8 Å². The molecule has 8 heteroatoms. The maximum atomic E-state index is 13.3. The predicted octanol–water partition coefficient (Wildman–Crippen LogP) is 4.63. The fourth-order valence-electron chi connectivity index (χ4n) is 2.62. The number of nitrogens with zero attached hydrogens (tertiary/aromatic N) is 1. The third kappa shape index (κ3) is 3.85. The monoisotopic (exact) mass is 423 g/mol. The van der Waals surface area contributed by atoms with Crippen LogP contribution < -0.4 is 0 Å². The third-order valence-corrected chi connectivity index (χ3v) is 7.52. The van der Waals surface area contributed by atoms with Gasteiger partial charge >= 0.3 is 5.97 Å². The summed E-state index contributed by atoms with van der Waals surface area (Å²) in [5.74, 6) is -0.735. The second-order valence-corrected chi connectivity index (χ2v) is 10.3. The van der Waals surface area contributed by atoms with Gasteiger partial charge in [-0.2, -0.15) is 0 Å². The van der Waals surface area contributed by atoms with E-state index in [1.165, 1.54) is 27.9 Å². The summed E-state index contributed by atoms with van der Waals surface area (Å²) in [5.41, 5.74) is 1.00. The van der Waals surface area contributed by atoms with Crippen LogP contribution in [0.2, 0.25) is 5.02 Å². The molecule has 3 aromatic rings. The standard InChI is InChI=1S/C19H18ClNO4S2/c1-19(2,18(22)23)26-12-15-11-13-10-14(20)8-9-17(13)21(15)27(24,25)16-6-4-3-5-7-16/h3-11H,12H2,1-2H3,(H,22,23). The molecule has 0 saturated carbocycles. The first-order valence-electron chi connectivity index (χ1n) is 8.11. The Morgan fingerprint density at radius 2 is 1.81 bits per heavy atom. The fourth-order valence-corrected chi connectivity index (χ4v) is 5.29. The Bertz CT molecular complexity index is 1110. The van der Waals surface area contributed by atoms with Crippen molar-refractivity contribution in [3.63, 3.8) is 0 Å². The average Bonchev–Trinajstić information content (AvgIpc) is 2.99. The smallest absolute Gasteiger partial charge is 0.319 e. The summed E-state index contributed by atoms with van der Waals surface area (Å²) in [6.45, 7) is 3.19. The van der Waals surface area contributed by atoms with Gasteiger partial charge in [0.15, 0.2) is 0 Å². The number of fused-ring (bicyclic) bond motifs is 1. The second kappa shape index (κ2) is 7.22. The molecule has 0 spiro atoms. The van der Waals surface area contributed by atoms with Crippen molar-refractivity contribution >= 4 is 50.3 Å². The lowest BCUT2D eigenvalue weighted by Gasteiger charge is -2.19. The van der Waals surface area contributed by atoms with E-state index in [2.05, 4.69) is 0 Å². The first-order chi connectivity index (χ1) is 12.6. The number of aliphatic carboxylic acids is 1. The molecule has 1 heterocycles. The van der Waals surface area contributed by atoms with Crippen LogP contribution in [0.1, 0.15) is 19.5 Å². The summed E-state index contributed by atoms with van der Waals surface area (Å²) in [5, 5.41) is 10.5. The number of hydrogen-bond donors (Lipinski definition) is 1. The molecule has 2 aromatic carbocycles. The number of carboxylic acids is 1. The van der Waals surface area contributed by atoms with Crippen LogP contribution in [-0.2, 0) is 20.6 Å². The van der Waals surface area contributed by atoms with Crippen LogP contribution in [0, 0.1) is 0 Å². The molecule has 0 atom stereocenters. The van der Waals surface area contributed by atoms with E-state index in [0.29, 0.717) is 21.6 Å². The van der Waals surface area contributed by atoms with Crippen molar-refractivity contribution in [3.8, 4) is 0 Å². The highest BCUT2D eigenvalue weighted by Crippen LogP contribution is 2.33. The van der Waals surface area contributed by atoms with Crippen LogP contribution in [0.3, 0.4) is 0 Å².